The van der Waals surface area contributed by atoms with Crippen molar-refractivity contribution >= 4 is 11.8 Å². The molecule has 1 aromatic rings. The molecular weight excluding hydrogens is 208 g/mol. The summed E-state index contributed by atoms with van der Waals surface area (Å²) in [5, 5.41) is 9.11. The average Bonchev–Trinajstić information content (AvgIpc) is 2.20. The Morgan fingerprint density at radius 3 is 2.12 bits per heavy atom. The first-order valence-corrected chi connectivity index (χ1v) is 4.73. The maximum atomic E-state index is 11.7. The summed E-state index contributed by atoms with van der Waals surface area (Å²) < 4.78 is 0. The van der Waals surface area contributed by atoms with Crippen molar-refractivity contribution in [1.82, 2.24) is 4.90 Å². The molecule has 0 aliphatic carbocycles. The molecule has 3 N–H and O–H groups in total. The van der Waals surface area contributed by atoms with Gasteiger partial charge in [0.05, 0.1) is 0 Å². The third-order valence-electron chi connectivity index (χ3n) is 2.20. The van der Waals surface area contributed by atoms with Crippen LogP contribution in [0.1, 0.15) is 11.5 Å². The number of rotatable bonds is 3. The van der Waals surface area contributed by atoms with Crippen molar-refractivity contribution in [2.45, 2.75) is 5.92 Å². The highest BCUT2D eigenvalue weighted by atomic mass is 16.3. The minimum atomic E-state index is -1.00. The molecule has 1 unspecified atom stereocenters. The molecule has 2 amide bonds. The number of phenols is 1. The number of hydrogen-bond donors (Lipinski definition) is 2. The fourth-order valence-corrected chi connectivity index (χ4v) is 1.35. The fraction of sp³-hybridized carbons (Fsp3) is 0.273. The van der Waals surface area contributed by atoms with Crippen molar-refractivity contribution in [3.63, 3.8) is 0 Å². The molecule has 0 saturated heterocycles. The van der Waals surface area contributed by atoms with Crippen molar-refractivity contribution in [3.05, 3.63) is 29.8 Å². The Morgan fingerprint density at radius 2 is 1.75 bits per heavy atom. The van der Waals surface area contributed by atoms with Gasteiger partial charge in [-0.15, -0.1) is 0 Å². The van der Waals surface area contributed by atoms with Crippen LogP contribution in [0.5, 0.6) is 5.75 Å². The van der Waals surface area contributed by atoms with E-state index in [0.717, 1.165) is 0 Å². The van der Waals surface area contributed by atoms with E-state index in [1.54, 1.807) is 14.1 Å². The minimum Gasteiger partial charge on any atom is -0.508 e. The van der Waals surface area contributed by atoms with Crippen molar-refractivity contribution in [1.29, 1.82) is 0 Å². The van der Waals surface area contributed by atoms with Crippen molar-refractivity contribution in [2.75, 3.05) is 14.1 Å². The standard InChI is InChI=1S/C11H14N2O3/c1-13(2)11(16)9(10(12)15)7-3-5-8(14)6-4-7/h3-6,9,14H,1-2H3,(H2,12,15). The summed E-state index contributed by atoms with van der Waals surface area (Å²) in [5.74, 6) is -2.01. The summed E-state index contributed by atoms with van der Waals surface area (Å²) >= 11 is 0. The van der Waals surface area contributed by atoms with Crippen LogP contribution in [-0.4, -0.2) is 35.9 Å². The van der Waals surface area contributed by atoms with E-state index >= 15 is 0 Å². The molecule has 5 nitrogen and oxygen atoms in total. The first-order chi connectivity index (χ1) is 7.43. The van der Waals surface area contributed by atoms with Gasteiger partial charge < -0.3 is 15.7 Å². The van der Waals surface area contributed by atoms with E-state index < -0.39 is 11.8 Å². The zero-order valence-electron chi connectivity index (χ0n) is 9.18. The average molecular weight is 222 g/mol. The highest BCUT2D eigenvalue weighted by Crippen LogP contribution is 2.20. The molecule has 86 valence electrons. The van der Waals surface area contributed by atoms with Crippen LogP contribution in [-0.2, 0) is 9.59 Å². The normalized spacial score (nSPS) is 11.9. The number of nitrogens with zero attached hydrogens (tertiary/aromatic N) is 1. The summed E-state index contributed by atoms with van der Waals surface area (Å²) in [4.78, 5) is 24.3. The van der Waals surface area contributed by atoms with Gasteiger partial charge in [-0.1, -0.05) is 12.1 Å². The van der Waals surface area contributed by atoms with E-state index in [-0.39, 0.29) is 11.7 Å². The van der Waals surface area contributed by atoms with Crippen LogP contribution in [0.4, 0.5) is 0 Å². The third kappa shape index (κ3) is 2.50. The van der Waals surface area contributed by atoms with Crippen LogP contribution in [0.25, 0.3) is 0 Å². The van der Waals surface area contributed by atoms with E-state index in [9.17, 15) is 9.59 Å². The van der Waals surface area contributed by atoms with E-state index in [1.165, 1.54) is 29.2 Å². The van der Waals surface area contributed by atoms with Crippen LogP contribution < -0.4 is 5.73 Å². The zero-order chi connectivity index (χ0) is 12.3. The second kappa shape index (κ2) is 4.65. The van der Waals surface area contributed by atoms with Gasteiger partial charge >= 0.3 is 0 Å². The zero-order valence-corrected chi connectivity index (χ0v) is 9.18. The molecule has 0 bridgehead atoms. The number of benzene rings is 1. The van der Waals surface area contributed by atoms with Crippen molar-refractivity contribution in [3.8, 4) is 5.75 Å². The van der Waals surface area contributed by atoms with Gasteiger partial charge in [0.25, 0.3) is 0 Å². The van der Waals surface area contributed by atoms with Gasteiger partial charge in [-0.3, -0.25) is 9.59 Å². The lowest BCUT2D eigenvalue weighted by molar-refractivity contribution is -0.135. The van der Waals surface area contributed by atoms with Crippen LogP contribution >= 0.6 is 0 Å². The Balaban J connectivity index is 3.08. The number of carbonyl (C=O) groups is 2. The molecule has 0 aliphatic heterocycles. The molecular formula is C11H14N2O3. The second-order valence-electron chi connectivity index (χ2n) is 3.66. The predicted octanol–water partition coefficient (Wildman–Crippen LogP) is 0.0493. The molecule has 1 rings (SSSR count). The lowest BCUT2D eigenvalue weighted by Crippen LogP contribution is -2.36. The van der Waals surface area contributed by atoms with Crippen LogP contribution in [0.2, 0.25) is 0 Å². The maximum absolute atomic E-state index is 11.7. The first kappa shape index (κ1) is 12.0. The molecule has 0 saturated carbocycles. The summed E-state index contributed by atoms with van der Waals surface area (Å²) in [6.07, 6.45) is 0. The first-order valence-electron chi connectivity index (χ1n) is 4.73. The van der Waals surface area contributed by atoms with E-state index in [0.29, 0.717) is 5.56 Å². The summed E-state index contributed by atoms with van der Waals surface area (Å²) in [6, 6.07) is 5.83. The molecule has 16 heavy (non-hydrogen) atoms. The van der Waals surface area contributed by atoms with Crippen LogP contribution in [0.3, 0.4) is 0 Å². The second-order valence-corrected chi connectivity index (χ2v) is 3.66. The molecule has 0 spiro atoms. The molecule has 0 heterocycles. The molecule has 0 radical (unpaired) electrons. The molecule has 1 atom stereocenters. The SMILES string of the molecule is CN(C)C(=O)C(C(N)=O)c1ccc(O)cc1. The smallest absolute Gasteiger partial charge is 0.239 e. The number of amides is 2. The summed E-state index contributed by atoms with van der Waals surface area (Å²) in [6.45, 7) is 0. The Bertz CT molecular complexity index is 398. The number of carbonyl (C=O) groups excluding carboxylic acids is 2. The summed E-state index contributed by atoms with van der Waals surface area (Å²) in [5.41, 5.74) is 5.67. The van der Waals surface area contributed by atoms with Crippen LogP contribution in [0.15, 0.2) is 24.3 Å². The molecule has 1 aromatic carbocycles. The molecule has 0 fully saturated rings. The van der Waals surface area contributed by atoms with Gasteiger partial charge in [0.1, 0.15) is 11.7 Å². The van der Waals surface area contributed by atoms with Gasteiger partial charge in [-0.25, -0.2) is 0 Å². The Hall–Kier alpha value is -2.04. The van der Waals surface area contributed by atoms with Gasteiger partial charge in [0.2, 0.25) is 11.8 Å². The quantitative estimate of drug-likeness (QED) is 0.709. The van der Waals surface area contributed by atoms with Gasteiger partial charge in [-0.2, -0.15) is 0 Å². The number of aromatic hydroxyl groups is 1. The lowest BCUT2D eigenvalue weighted by Gasteiger charge is -2.18. The summed E-state index contributed by atoms with van der Waals surface area (Å²) in [7, 11) is 3.11. The number of primary amides is 1. The molecule has 0 aromatic heterocycles. The number of nitrogens with two attached hydrogens (primary N) is 1. The lowest BCUT2D eigenvalue weighted by atomic mass is 9.97. The van der Waals surface area contributed by atoms with Gasteiger partial charge in [-0.05, 0) is 17.7 Å². The van der Waals surface area contributed by atoms with Gasteiger partial charge in [0, 0.05) is 14.1 Å². The largest absolute Gasteiger partial charge is 0.508 e. The maximum Gasteiger partial charge on any atom is 0.239 e. The Kier molecular flexibility index (Phi) is 3.50. The number of phenolic OH excluding ortho intramolecular Hbond substituents is 1. The molecule has 0 aliphatic rings. The van der Waals surface area contributed by atoms with Crippen LogP contribution in [0, 0.1) is 0 Å². The number of hydrogen-bond acceptors (Lipinski definition) is 3. The van der Waals surface area contributed by atoms with Gasteiger partial charge in [0.15, 0.2) is 0 Å². The fourth-order valence-electron chi connectivity index (χ4n) is 1.35. The minimum absolute atomic E-state index is 0.0734. The Morgan fingerprint density at radius 1 is 1.25 bits per heavy atom. The van der Waals surface area contributed by atoms with E-state index in [2.05, 4.69) is 0 Å². The highest BCUT2D eigenvalue weighted by Gasteiger charge is 2.27. The van der Waals surface area contributed by atoms with Crippen molar-refractivity contribution < 1.29 is 14.7 Å². The molecule has 5 heteroatoms. The van der Waals surface area contributed by atoms with E-state index in [4.69, 9.17) is 10.8 Å². The highest BCUT2D eigenvalue weighted by molar-refractivity contribution is 6.04. The van der Waals surface area contributed by atoms with Crippen molar-refractivity contribution in [2.24, 2.45) is 5.73 Å². The van der Waals surface area contributed by atoms with E-state index in [1.807, 2.05) is 0 Å². The third-order valence-corrected chi connectivity index (χ3v) is 2.20. The predicted molar refractivity (Wildman–Crippen MR) is 58.7 cm³/mol. The monoisotopic (exact) mass is 222 g/mol. The topological polar surface area (TPSA) is 83.6 Å². The Labute approximate surface area is 93.5 Å². The number of likely N-dealkylation sites (N-methyl/N-ethyl adjacent to an activating group) is 1.